The highest BCUT2D eigenvalue weighted by molar-refractivity contribution is 9.11. The van der Waals surface area contributed by atoms with Crippen molar-refractivity contribution in [1.82, 2.24) is 0 Å². The van der Waals surface area contributed by atoms with Gasteiger partial charge >= 0.3 is 0 Å². The number of halogens is 2. The molecule has 0 unspecified atom stereocenters. The minimum Gasteiger partial charge on any atom is -0.495 e. The third-order valence-corrected chi connectivity index (χ3v) is 7.52. The molecule has 0 spiro atoms. The molecule has 4 nitrogen and oxygen atoms in total. The third kappa shape index (κ3) is 5.32. The van der Waals surface area contributed by atoms with Gasteiger partial charge in [0.25, 0.3) is 5.91 Å². The fraction of sp³-hybridized carbons (Fsp3) is 0.185. The molecule has 0 N–H and O–H groups in total. The molecule has 4 rings (SSSR count). The van der Waals surface area contributed by atoms with Crippen LogP contribution in [0.3, 0.4) is 0 Å². The molecule has 0 bridgehead atoms. The van der Waals surface area contributed by atoms with Crippen molar-refractivity contribution in [2.45, 2.75) is 26.7 Å². The van der Waals surface area contributed by atoms with E-state index in [-0.39, 0.29) is 5.91 Å². The van der Waals surface area contributed by atoms with Crippen LogP contribution in [0.5, 0.6) is 5.75 Å². The van der Waals surface area contributed by atoms with Crippen molar-refractivity contribution in [2.24, 2.45) is 4.99 Å². The Morgan fingerprint density at radius 1 is 0.971 bits per heavy atom. The van der Waals surface area contributed by atoms with Crippen LogP contribution in [0.4, 0.5) is 11.4 Å². The molecule has 1 aliphatic rings. The largest absolute Gasteiger partial charge is 0.495 e. The van der Waals surface area contributed by atoms with E-state index >= 15 is 0 Å². The van der Waals surface area contributed by atoms with Gasteiger partial charge in [-0.15, -0.1) is 0 Å². The first-order chi connectivity index (χ1) is 16.4. The zero-order valence-corrected chi connectivity index (χ0v) is 23.1. The quantitative estimate of drug-likeness (QED) is 0.268. The number of carbonyl (C=O) groups excluding carboxylic acids is 1. The van der Waals surface area contributed by atoms with Gasteiger partial charge in [-0.05, 0) is 94.1 Å². The van der Waals surface area contributed by atoms with Gasteiger partial charge in [-0.3, -0.25) is 9.69 Å². The molecule has 1 aliphatic heterocycles. The Hall–Kier alpha value is -2.35. The second-order valence-corrected chi connectivity index (χ2v) is 10.5. The predicted octanol–water partition coefficient (Wildman–Crippen LogP) is 8.15. The Labute approximate surface area is 221 Å². The summed E-state index contributed by atoms with van der Waals surface area (Å²) >= 11 is 8.44. The molecule has 3 aromatic rings. The SMILES string of the molecule is CCc1ccc(N=C2S/C(=C/c3cc(Br)cc(Br)c3OC)C(=O)N2c2ccc(CC)cc2)cc1. The topological polar surface area (TPSA) is 41.9 Å². The van der Waals surface area contributed by atoms with E-state index in [1.54, 1.807) is 12.0 Å². The molecular formula is C27H24Br2N2O2S. The number of anilines is 1. The molecule has 7 heteroatoms. The van der Waals surface area contributed by atoms with E-state index in [4.69, 9.17) is 9.73 Å². The van der Waals surface area contributed by atoms with Crippen LogP contribution in [0.1, 0.15) is 30.5 Å². The van der Waals surface area contributed by atoms with Crippen LogP contribution >= 0.6 is 43.6 Å². The zero-order chi connectivity index (χ0) is 24.2. The molecule has 1 amide bonds. The van der Waals surface area contributed by atoms with Gasteiger partial charge in [-0.1, -0.05) is 54.0 Å². The van der Waals surface area contributed by atoms with Gasteiger partial charge in [0.1, 0.15) is 5.75 Å². The monoisotopic (exact) mass is 598 g/mol. The molecule has 3 aromatic carbocycles. The maximum absolute atomic E-state index is 13.6. The Balaban J connectivity index is 1.79. The number of methoxy groups -OCH3 is 1. The van der Waals surface area contributed by atoms with Gasteiger partial charge in [0.05, 0.1) is 27.9 Å². The lowest BCUT2D eigenvalue weighted by Gasteiger charge is -2.16. The predicted molar refractivity (Wildman–Crippen MR) is 150 cm³/mol. The summed E-state index contributed by atoms with van der Waals surface area (Å²) in [6, 6.07) is 20.0. The van der Waals surface area contributed by atoms with E-state index in [1.807, 2.05) is 42.5 Å². The number of nitrogens with zero attached hydrogens (tertiary/aromatic N) is 2. The number of ether oxygens (including phenoxy) is 1. The number of benzene rings is 3. The van der Waals surface area contributed by atoms with E-state index in [2.05, 4.69) is 70.0 Å². The van der Waals surface area contributed by atoms with Crippen molar-refractivity contribution in [3.8, 4) is 5.75 Å². The summed E-state index contributed by atoms with van der Waals surface area (Å²) in [4.78, 5) is 20.7. The first-order valence-electron chi connectivity index (χ1n) is 11.0. The Kier molecular flexibility index (Phi) is 7.96. The van der Waals surface area contributed by atoms with Crippen molar-refractivity contribution in [3.63, 3.8) is 0 Å². The first kappa shape index (κ1) is 24.8. The first-order valence-corrected chi connectivity index (χ1v) is 13.4. The average Bonchev–Trinajstić information content (AvgIpc) is 3.13. The summed E-state index contributed by atoms with van der Waals surface area (Å²) < 4.78 is 7.28. The second kappa shape index (κ2) is 10.9. The van der Waals surface area contributed by atoms with Crippen molar-refractivity contribution < 1.29 is 9.53 Å². The number of hydrogen-bond donors (Lipinski definition) is 0. The van der Waals surface area contributed by atoms with Gasteiger partial charge in [0.2, 0.25) is 0 Å². The van der Waals surface area contributed by atoms with Crippen LogP contribution in [0, 0.1) is 0 Å². The summed E-state index contributed by atoms with van der Waals surface area (Å²) in [5.41, 5.74) is 4.88. The normalized spacial score (nSPS) is 16.0. The Bertz CT molecular complexity index is 1270. The molecule has 0 atom stereocenters. The standard InChI is InChI=1S/C27H24Br2N2O2S/c1-4-17-6-10-21(11-7-17)30-27-31(22-12-8-18(5-2)9-13-22)26(32)24(34-27)15-19-14-20(28)16-23(29)25(19)33-3/h6-16H,4-5H2,1-3H3/b24-15+,30-27?. The fourth-order valence-corrected chi connectivity index (χ4v) is 6.03. The molecule has 34 heavy (non-hydrogen) atoms. The lowest BCUT2D eigenvalue weighted by Crippen LogP contribution is -2.28. The van der Waals surface area contributed by atoms with E-state index in [0.717, 1.165) is 38.7 Å². The van der Waals surface area contributed by atoms with E-state index in [9.17, 15) is 4.79 Å². The molecular weight excluding hydrogens is 576 g/mol. The number of amides is 1. The number of carbonyl (C=O) groups is 1. The molecule has 0 saturated carbocycles. The molecule has 0 aliphatic carbocycles. The van der Waals surface area contributed by atoms with Gasteiger partial charge in [0.15, 0.2) is 5.17 Å². The summed E-state index contributed by atoms with van der Waals surface area (Å²) in [6.07, 6.45) is 3.77. The Morgan fingerprint density at radius 2 is 1.59 bits per heavy atom. The van der Waals surface area contributed by atoms with Gasteiger partial charge in [-0.2, -0.15) is 0 Å². The smallest absolute Gasteiger partial charge is 0.271 e. The second-order valence-electron chi connectivity index (χ2n) is 7.70. The van der Waals surface area contributed by atoms with E-state index in [1.165, 1.54) is 22.9 Å². The number of rotatable bonds is 6. The summed E-state index contributed by atoms with van der Waals surface area (Å²) in [5.74, 6) is 0.555. The van der Waals surface area contributed by atoms with Gasteiger partial charge in [0, 0.05) is 10.0 Å². The van der Waals surface area contributed by atoms with Crippen molar-refractivity contribution in [1.29, 1.82) is 0 Å². The van der Waals surface area contributed by atoms with Crippen LogP contribution in [-0.4, -0.2) is 18.2 Å². The number of hydrogen-bond acceptors (Lipinski definition) is 4. The lowest BCUT2D eigenvalue weighted by molar-refractivity contribution is -0.113. The molecule has 174 valence electrons. The molecule has 1 saturated heterocycles. The van der Waals surface area contributed by atoms with Crippen molar-refractivity contribution in [2.75, 3.05) is 12.0 Å². The van der Waals surface area contributed by atoms with Crippen LogP contribution in [0.2, 0.25) is 0 Å². The highest BCUT2D eigenvalue weighted by atomic mass is 79.9. The van der Waals surface area contributed by atoms with Crippen LogP contribution in [0.25, 0.3) is 6.08 Å². The zero-order valence-electron chi connectivity index (χ0n) is 19.1. The minimum absolute atomic E-state index is 0.115. The molecule has 0 aromatic heterocycles. The molecule has 1 heterocycles. The maximum atomic E-state index is 13.6. The van der Waals surface area contributed by atoms with Crippen LogP contribution < -0.4 is 9.64 Å². The number of aryl methyl sites for hydroxylation is 2. The van der Waals surface area contributed by atoms with Crippen LogP contribution in [-0.2, 0) is 17.6 Å². The number of amidine groups is 1. The van der Waals surface area contributed by atoms with Gasteiger partial charge in [-0.25, -0.2) is 4.99 Å². The maximum Gasteiger partial charge on any atom is 0.271 e. The minimum atomic E-state index is -0.115. The van der Waals surface area contributed by atoms with Gasteiger partial charge < -0.3 is 4.74 Å². The highest BCUT2D eigenvalue weighted by Gasteiger charge is 2.35. The third-order valence-electron chi connectivity index (χ3n) is 5.51. The summed E-state index contributed by atoms with van der Waals surface area (Å²) in [7, 11) is 1.62. The average molecular weight is 600 g/mol. The van der Waals surface area contributed by atoms with Crippen molar-refractivity contribution >= 4 is 72.1 Å². The van der Waals surface area contributed by atoms with Crippen molar-refractivity contribution in [3.05, 3.63) is 91.2 Å². The number of aliphatic imine (C=N–C) groups is 1. The van der Waals surface area contributed by atoms with E-state index < -0.39 is 0 Å². The Morgan fingerprint density at radius 3 is 2.18 bits per heavy atom. The summed E-state index contributed by atoms with van der Waals surface area (Å²) in [6.45, 7) is 4.24. The summed E-state index contributed by atoms with van der Waals surface area (Å²) in [5, 5.41) is 0.623. The van der Waals surface area contributed by atoms with Crippen LogP contribution in [0.15, 0.2) is 79.5 Å². The number of thioether (sulfide) groups is 1. The molecule has 0 radical (unpaired) electrons. The van der Waals surface area contributed by atoms with E-state index in [0.29, 0.717) is 15.8 Å². The highest BCUT2D eigenvalue weighted by Crippen LogP contribution is 2.40. The fourth-order valence-electron chi connectivity index (χ4n) is 3.62. The lowest BCUT2D eigenvalue weighted by atomic mass is 10.1. The molecule has 1 fully saturated rings.